The van der Waals surface area contributed by atoms with Crippen molar-refractivity contribution in [3.05, 3.63) is 44.3 Å². The number of aromatic nitrogens is 2. The molecule has 0 N–H and O–H groups in total. The van der Waals surface area contributed by atoms with Crippen LogP contribution in [0.5, 0.6) is 0 Å². The van der Waals surface area contributed by atoms with E-state index in [9.17, 15) is 0 Å². The summed E-state index contributed by atoms with van der Waals surface area (Å²) in [6.45, 7) is 0. The summed E-state index contributed by atoms with van der Waals surface area (Å²) in [6, 6.07) is 5.52. The van der Waals surface area contributed by atoms with Crippen molar-refractivity contribution in [2.24, 2.45) is 0 Å². The van der Waals surface area contributed by atoms with Crippen molar-refractivity contribution in [2.45, 2.75) is 9.92 Å². The lowest BCUT2D eigenvalue weighted by molar-refractivity contribution is 1.02. The van der Waals surface area contributed by atoms with Crippen molar-refractivity contribution < 1.29 is 0 Å². The normalized spacial score (nSPS) is 10.4. The third-order valence-corrected chi connectivity index (χ3v) is 4.64. The second-order valence-electron chi connectivity index (χ2n) is 2.85. The van der Waals surface area contributed by atoms with Crippen LogP contribution in [0, 0.1) is 3.57 Å². The van der Waals surface area contributed by atoms with Gasteiger partial charge in [-0.2, -0.15) is 0 Å². The lowest BCUT2D eigenvalue weighted by atomic mass is 10.4. The standard InChI is InChI=1S/C10H5Cl2IN2S/c11-7-2-1-6(3-8(7)12)16-10-9(13)4-14-5-15-10/h1-5H. The minimum Gasteiger partial charge on any atom is -0.244 e. The molecule has 0 aliphatic carbocycles. The van der Waals surface area contributed by atoms with Crippen molar-refractivity contribution in [2.75, 3.05) is 0 Å². The molecule has 1 aromatic carbocycles. The minimum absolute atomic E-state index is 0.552. The molecule has 0 unspecified atom stereocenters. The summed E-state index contributed by atoms with van der Waals surface area (Å²) in [4.78, 5) is 9.14. The summed E-state index contributed by atoms with van der Waals surface area (Å²) in [6.07, 6.45) is 3.30. The van der Waals surface area contributed by atoms with Gasteiger partial charge in [0.05, 0.1) is 13.6 Å². The Hall–Kier alpha value is -0.0400. The lowest BCUT2D eigenvalue weighted by Crippen LogP contribution is -1.86. The van der Waals surface area contributed by atoms with E-state index in [0.717, 1.165) is 13.5 Å². The molecule has 0 spiro atoms. The first-order valence-electron chi connectivity index (χ1n) is 4.25. The van der Waals surface area contributed by atoms with Crippen LogP contribution in [0.2, 0.25) is 10.0 Å². The van der Waals surface area contributed by atoms with Gasteiger partial charge in [0.1, 0.15) is 11.4 Å². The Kier molecular flexibility index (Phi) is 4.29. The third kappa shape index (κ3) is 3.00. The van der Waals surface area contributed by atoms with E-state index in [1.165, 1.54) is 18.1 Å². The number of rotatable bonds is 2. The van der Waals surface area contributed by atoms with Crippen molar-refractivity contribution in [1.82, 2.24) is 9.97 Å². The Morgan fingerprint density at radius 2 is 2.00 bits per heavy atom. The molecule has 0 bridgehead atoms. The predicted molar refractivity (Wildman–Crippen MR) is 75.3 cm³/mol. The number of hydrogen-bond donors (Lipinski definition) is 0. The summed E-state index contributed by atoms with van der Waals surface area (Å²) in [7, 11) is 0. The Morgan fingerprint density at radius 3 is 2.69 bits per heavy atom. The molecule has 82 valence electrons. The van der Waals surface area contributed by atoms with Gasteiger partial charge in [-0.1, -0.05) is 35.0 Å². The fourth-order valence-corrected chi connectivity index (χ4v) is 2.81. The average Bonchev–Trinajstić information content (AvgIpc) is 2.27. The van der Waals surface area contributed by atoms with Gasteiger partial charge < -0.3 is 0 Å². The molecule has 6 heteroatoms. The molecule has 2 aromatic rings. The van der Waals surface area contributed by atoms with Gasteiger partial charge in [-0.25, -0.2) is 9.97 Å². The Labute approximate surface area is 121 Å². The van der Waals surface area contributed by atoms with Gasteiger partial charge >= 0.3 is 0 Å². The molecule has 0 atom stereocenters. The molecule has 16 heavy (non-hydrogen) atoms. The zero-order valence-electron chi connectivity index (χ0n) is 7.82. The van der Waals surface area contributed by atoms with E-state index in [4.69, 9.17) is 23.2 Å². The van der Waals surface area contributed by atoms with Crippen LogP contribution in [0.25, 0.3) is 0 Å². The highest BCUT2D eigenvalue weighted by Crippen LogP contribution is 2.33. The number of hydrogen-bond acceptors (Lipinski definition) is 3. The topological polar surface area (TPSA) is 25.8 Å². The van der Waals surface area contributed by atoms with Gasteiger partial charge in [0.25, 0.3) is 0 Å². The van der Waals surface area contributed by atoms with Gasteiger partial charge in [0, 0.05) is 11.1 Å². The molecule has 2 nitrogen and oxygen atoms in total. The van der Waals surface area contributed by atoms with E-state index in [-0.39, 0.29) is 0 Å². The molecule has 0 radical (unpaired) electrons. The summed E-state index contributed by atoms with van der Waals surface area (Å²) in [5.41, 5.74) is 0. The predicted octanol–water partition coefficient (Wildman–Crippen LogP) is 4.54. The smallest absolute Gasteiger partial charge is 0.118 e. The van der Waals surface area contributed by atoms with Crippen LogP contribution in [0.3, 0.4) is 0 Å². The maximum Gasteiger partial charge on any atom is 0.118 e. The lowest BCUT2D eigenvalue weighted by Gasteiger charge is -2.03. The van der Waals surface area contributed by atoms with Gasteiger partial charge in [-0.05, 0) is 40.8 Å². The molecule has 0 saturated carbocycles. The molecular weight excluding hydrogens is 378 g/mol. The summed E-state index contributed by atoms with van der Waals surface area (Å²) in [5, 5.41) is 2.02. The Bertz CT molecular complexity index is 522. The number of nitrogens with zero attached hydrogens (tertiary/aromatic N) is 2. The molecule has 1 aromatic heterocycles. The molecule has 0 amide bonds. The summed E-state index contributed by atoms with van der Waals surface area (Å²) in [5.74, 6) is 0. The quantitative estimate of drug-likeness (QED) is 0.563. The van der Waals surface area contributed by atoms with Crippen LogP contribution in [0.15, 0.2) is 40.6 Å². The summed E-state index contributed by atoms with van der Waals surface area (Å²) >= 11 is 15.5. The van der Waals surface area contributed by atoms with Gasteiger partial charge in [0.2, 0.25) is 0 Å². The largest absolute Gasteiger partial charge is 0.244 e. The number of benzene rings is 1. The van der Waals surface area contributed by atoms with E-state index in [2.05, 4.69) is 32.6 Å². The van der Waals surface area contributed by atoms with Crippen molar-refractivity contribution >= 4 is 57.6 Å². The number of halogens is 3. The first kappa shape index (κ1) is 12.4. The second kappa shape index (κ2) is 5.53. The molecule has 2 rings (SSSR count). The van der Waals surface area contributed by atoms with Crippen molar-refractivity contribution in [3.63, 3.8) is 0 Å². The van der Waals surface area contributed by atoms with Crippen molar-refractivity contribution in [3.8, 4) is 0 Å². The first-order valence-corrected chi connectivity index (χ1v) is 6.90. The zero-order chi connectivity index (χ0) is 11.5. The van der Waals surface area contributed by atoms with E-state index in [0.29, 0.717) is 10.0 Å². The Balaban J connectivity index is 2.28. The minimum atomic E-state index is 0.552. The van der Waals surface area contributed by atoms with E-state index in [1.54, 1.807) is 12.3 Å². The van der Waals surface area contributed by atoms with E-state index >= 15 is 0 Å². The SMILES string of the molecule is Clc1ccc(Sc2ncncc2I)cc1Cl. The van der Waals surface area contributed by atoms with Crippen LogP contribution in [0.1, 0.15) is 0 Å². The first-order chi connectivity index (χ1) is 7.66. The molecule has 1 heterocycles. The average molecular weight is 383 g/mol. The van der Waals surface area contributed by atoms with Gasteiger partial charge in [0.15, 0.2) is 0 Å². The van der Waals surface area contributed by atoms with Crippen LogP contribution in [-0.2, 0) is 0 Å². The highest BCUT2D eigenvalue weighted by atomic mass is 127. The molecule has 0 saturated heterocycles. The highest BCUT2D eigenvalue weighted by Gasteiger charge is 2.05. The van der Waals surface area contributed by atoms with E-state index < -0.39 is 0 Å². The van der Waals surface area contributed by atoms with Gasteiger partial charge in [-0.15, -0.1) is 0 Å². The van der Waals surface area contributed by atoms with E-state index in [1.807, 2.05) is 12.1 Å². The Morgan fingerprint density at radius 1 is 1.19 bits per heavy atom. The van der Waals surface area contributed by atoms with Crippen LogP contribution in [0.4, 0.5) is 0 Å². The molecule has 0 aliphatic rings. The van der Waals surface area contributed by atoms with Crippen LogP contribution >= 0.6 is 57.6 Å². The maximum atomic E-state index is 5.94. The molecule has 0 fully saturated rings. The maximum absolute atomic E-state index is 5.94. The fourth-order valence-electron chi connectivity index (χ4n) is 1.03. The fraction of sp³-hybridized carbons (Fsp3) is 0. The van der Waals surface area contributed by atoms with Crippen LogP contribution < -0.4 is 0 Å². The monoisotopic (exact) mass is 382 g/mol. The summed E-state index contributed by atoms with van der Waals surface area (Å²) < 4.78 is 1.01. The third-order valence-electron chi connectivity index (χ3n) is 1.74. The van der Waals surface area contributed by atoms with Crippen molar-refractivity contribution in [1.29, 1.82) is 0 Å². The van der Waals surface area contributed by atoms with Crippen LogP contribution in [-0.4, -0.2) is 9.97 Å². The van der Waals surface area contributed by atoms with Gasteiger partial charge in [-0.3, -0.25) is 0 Å². The second-order valence-corrected chi connectivity index (χ2v) is 5.89. The highest BCUT2D eigenvalue weighted by molar-refractivity contribution is 14.1. The zero-order valence-corrected chi connectivity index (χ0v) is 12.3. The molecule has 0 aliphatic heterocycles. The molecular formula is C10H5Cl2IN2S.